The summed E-state index contributed by atoms with van der Waals surface area (Å²) in [6.45, 7) is 6.32. The van der Waals surface area contributed by atoms with Gasteiger partial charge in [0.1, 0.15) is 11.2 Å². The molecule has 0 spiro atoms. The van der Waals surface area contributed by atoms with E-state index in [4.69, 9.17) is 0 Å². The van der Waals surface area contributed by atoms with Crippen molar-refractivity contribution in [1.82, 2.24) is 19.6 Å². The van der Waals surface area contributed by atoms with E-state index in [-0.39, 0.29) is 11.7 Å². The fraction of sp³-hybridized carbons (Fsp3) is 0.364. The Morgan fingerprint density at radius 2 is 2.20 bits per heavy atom. The molecule has 1 N–H and O–H groups in total. The minimum Gasteiger partial charge on any atom is -0.325 e. The van der Waals surface area contributed by atoms with Gasteiger partial charge in [-0.05, 0) is 61.8 Å². The molecule has 1 atom stereocenters. The molecule has 4 aromatic rings. The lowest BCUT2D eigenvalue weighted by Gasteiger charge is -2.17. The van der Waals surface area contributed by atoms with Crippen LogP contribution in [0.4, 0.5) is 5.69 Å². The van der Waals surface area contributed by atoms with Crippen molar-refractivity contribution in [3.8, 4) is 0 Å². The van der Waals surface area contributed by atoms with Crippen LogP contribution in [0.5, 0.6) is 0 Å². The van der Waals surface area contributed by atoms with Crippen LogP contribution in [-0.2, 0) is 17.6 Å². The topological polar surface area (TPSA) is 72.2 Å². The number of aromatic nitrogens is 4. The maximum atomic E-state index is 12.5. The smallest absolute Gasteiger partial charge is 0.234 e. The van der Waals surface area contributed by atoms with E-state index >= 15 is 0 Å². The van der Waals surface area contributed by atoms with Crippen LogP contribution in [0.25, 0.3) is 15.9 Å². The molecule has 0 radical (unpaired) electrons. The fourth-order valence-corrected chi connectivity index (χ4v) is 6.05. The number of rotatable bonds is 4. The molecule has 1 amide bonds. The third-order valence-electron chi connectivity index (χ3n) is 5.67. The van der Waals surface area contributed by atoms with Gasteiger partial charge in [0.05, 0.1) is 11.1 Å². The van der Waals surface area contributed by atoms with Gasteiger partial charge in [0.15, 0.2) is 10.8 Å². The molecule has 1 aliphatic rings. The van der Waals surface area contributed by atoms with Crippen LogP contribution in [0.1, 0.15) is 34.9 Å². The van der Waals surface area contributed by atoms with Gasteiger partial charge >= 0.3 is 0 Å². The minimum atomic E-state index is -0.0543. The van der Waals surface area contributed by atoms with Crippen LogP contribution in [0.2, 0.25) is 0 Å². The van der Waals surface area contributed by atoms with Gasteiger partial charge < -0.3 is 5.32 Å². The number of thioether (sulfide) groups is 1. The first-order valence-electron chi connectivity index (χ1n) is 10.1. The molecule has 0 saturated carbocycles. The summed E-state index contributed by atoms with van der Waals surface area (Å²) in [4.78, 5) is 19.7. The molecule has 1 aliphatic carbocycles. The maximum Gasteiger partial charge on any atom is 0.234 e. The molecule has 0 fully saturated rings. The van der Waals surface area contributed by atoms with Crippen LogP contribution in [0.3, 0.4) is 0 Å². The number of hydrogen-bond donors (Lipinski definition) is 1. The van der Waals surface area contributed by atoms with Crippen molar-refractivity contribution in [3.05, 3.63) is 46.1 Å². The van der Waals surface area contributed by atoms with Gasteiger partial charge in [0, 0.05) is 10.6 Å². The van der Waals surface area contributed by atoms with Crippen molar-refractivity contribution in [2.75, 3.05) is 11.1 Å². The fourth-order valence-electron chi connectivity index (χ4n) is 4.01. The first-order valence-corrected chi connectivity index (χ1v) is 11.9. The number of hydrogen-bond acceptors (Lipinski definition) is 6. The second-order valence-electron chi connectivity index (χ2n) is 8.11. The minimum absolute atomic E-state index is 0.0543. The normalized spacial score (nSPS) is 16.2. The average Bonchev–Trinajstić information content (AvgIpc) is 3.29. The summed E-state index contributed by atoms with van der Waals surface area (Å²) >= 11 is 3.17. The van der Waals surface area contributed by atoms with Gasteiger partial charge in [-0.25, -0.2) is 4.98 Å². The molecule has 3 aromatic heterocycles. The third-order valence-corrected chi connectivity index (χ3v) is 7.78. The Morgan fingerprint density at radius 1 is 1.33 bits per heavy atom. The number of thiophene rings is 1. The second-order valence-corrected chi connectivity index (χ2v) is 10.1. The van der Waals surface area contributed by atoms with E-state index in [1.165, 1.54) is 28.6 Å². The Morgan fingerprint density at radius 3 is 3.07 bits per heavy atom. The molecule has 5 rings (SSSR count). The zero-order chi connectivity index (χ0) is 20.8. The SMILES string of the molecule is Cc1ccc(C)c(NC(=O)CSc2nnc3c4c5c(sc4ncn23)C[C@@H](C)CC5)c1. The average molecular weight is 438 g/mol. The van der Waals surface area contributed by atoms with E-state index in [0.29, 0.717) is 5.16 Å². The van der Waals surface area contributed by atoms with Gasteiger partial charge in [0.25, 0.3) is 0 Å². The Balaban J connectivity index is 1.38. The first-order chi connectivity index (χ1) is 14.5. The zero-order valence-electron chi connectivity index (χ0n) is 17.2. The predicted molar refractivity (Wildman–Crippen MR) is 123 cm³/mol. The van der Waals surface area contributed by atoms with Gasteiger partial charge in [0.2, 0.25) is 5.91 Å². The zero-order valence-corrected chi connectivity index (χ0v) is 18.9. The monoisotopic (exact) mass is 437 g/mol. The predicted octanol–water partition coefficient (Wildman–Crippen LogP) is 4.81. The third kappa shape index (κ3) is 3.48. The number of benzene rings is 1. The molecule has 8 heteroatoms. The standard InChI is InChI=1S/C22H23N5OS2/c1-12-4-6-14(3)16(8-12)24-18(28)10-29-22-26-25-20-19-15-7-5-13(2)9-17(15)30-21(19)23-11-27(20)22/h4,6,8,11,13H,5,7,9-10H2,1-3H3,(H,24,28)/t13-/m0/s1. The van der Waals surface area contributed by atoms with E-state index in [1.54, 1.807) is 17.7 Å². The Kier molecular flexibility index (Phi) is 4.99. The molecule has 0 aliphatic heterocycles. The number of amides is 1. The number of aryl methyl sites for hydroxylation is 3. The van der Waals surface area contributed by atoms with E-state index in [9.17, 15) is 4.79 Å². The van der Waals surface area contributed by atoms with Crippen LogP contribution < -0.4 is 5.32 Å². The van der Waals surface area contributed by atoms with Crippen molar-refractivity contribution >= 4 is 50.6 Å². The highest BCUT2D eigenvalue weighted by atomic mass is 32.2. The number of carbonyl (C=O) groups excluding carboxylic acids is 1. The number of anilines is 1. The second kappa shape index (κ2) is 7.67. The number of nitrogens with zero attached hydrogens (tertiary/aromatic N) is 4. The lowest BCUT2D eigenvalue weighted by atomic mass is 9.89. The summed E-state index contributed by atoms with van der Waals surface area (Å²) in [6.07, 6.45) is 5.18. The summed E-state index contributed by atoms with van der Waals surface area (Å²) < 4.78 is 1.92. The number of fused-ring (bicyclic) bond motifs is 5. The Bertz CT molecular complexity index is 1280. The van der Waals surface area contributed by atoms with Crippen molar-refractivity contribution < 1.29 is 4.79 Å². The highest BCUT2D eigenvalue weighted by Crippen LogP contribution is 2.39. The molecule has 0 saturated heterocycles. The first kappa shape index (κ1) is 19.5. The Hall–Kier alpha value is -2.45. The molecular weight excluding hydrogens is 414 g/mol. The summed E-state index contributed by atoms with van der Waals surface area (Å²) in [5, 5.41) is 13.7. The lowest BCUT2D eigenvalue weighted by molar-refractivity contribution is -0.113. The molecule has 6 nitrogen and oxygen atoms in total. The van der Waals surface area contributed by atoms with Crippen LogP contribution in [-0.4, -0.2) is 31.2 Å². The van der Waals surface area contributed by atoms with E-state index in [2.05, 4.69) is 27.4 Å². The summed E-state index contributed by atoms with van der Waals surface area (Å²) in [5.41, 5.74) is 5.27. The van der Waals surface area contributed by atoms with Crippen molar-refractivity contribution in [3.63, 3.8) is 0 Å². The van der Waals surface area contributed by atoms with Crippen LogP contribution in [0.15, 0.2) is 29.7 Å². The number of carbonyl (C=O) groups is 1. The van der Waals surface area contributed by atoms with E-state index < -0.39 is 0 Å². The van der Waals surface area contributed by atoms with Gasteiger partial charge in [-0.15, -0.1) is 21.5 Å². The highest BCUT2D eigenvalue weighted by Gasteiger charge is 2.24. The summed E-state index contributed by atoms with van der Waals surface area (Å²) in [5.74, 6) is 0.938. The number of nitrogens with one attached hydrogen (secondary N) is 1. The molecule has 154 valence electrons. The van der Waals surface area contributed by atoms with Crippen LogP contribution >= 0.6 is 23.1 Å². The molecule has 30 heavy (non-hydrogen) atoms. The molecule has 3 heterocycles. The highest BCUT2D eigenvalue weighted by molar-refractivity contribution is 7.99. The van der Waals surface area contributed by atoms with Crippen molar-refractivity contribution in [2.24, 2.45) is 5.92 Å². The van der Waals surface area contributed by atoms with Crippen molar-refractivity contribution in [2.45, 2.75) is 45.2 Å². The van der Waals surface area contributed by atoms with Gasteiger partial charge in [-0.2, -0.15) is 0 Å². The maximum absolute atomic E-state index is 12.5. The molecule has 0 bridgehead atoms. The van der Waals surface area contributed by atoms with Gasteiger partial charge in [-0.3, -0.25) is 9.20 Å². The molecular formula is C22H23N5OS2. The Labute approximate surface area is 183 Å². The largest absolute Gasteiger partial charge is 0.325 e. The molecule has 0 unspecified atom stereocenters. The summed E-state index contributed by atoms with van der Waals surface area (Å²) in [6, 6.07) is 6.05. The summed E-state index contributed by atoms with van der Waals surface area (Å²) in [7, 11) is 0. The van der Waals surface area contributed by atoms with E-state index in [0.717, 1.165) is 51.4 Å². The lowest BCUT2D eigenvalue weighted by Crippen LogP contribution is -2.15. The quantitative estimate of drug-likeness (QED) is 0.464. The van der Waals surface area contributed by atoms with E-state index in [1.807, 2.05) is 36.4 Å². The van der Waals surface area contributed by atoms with Crippen LogP contribution in [0, 0.1) is 19.8 Å². The van der Waals surface area contributed by atoms with Crippen molar-refractivity contribution in [1.29, 1.82) is 0 Å². The molecule has 1 aromatic carbocycles. The van der Waals surface area contributed by atoms with Gasteiger partial charge in [-0.1, -0.05) is 30.8 Å².